The van der Waals surface area contributed by atoms with E-state index < -0.39 is 17.7 Å². The number of carbonyl (C=O) groups is 2. The lowest BCUT2D eigenvalue weighted by atomic mass is 9.93. The molecule has 9 nitrogen and oxygen atoms in total. The van der Waals surface area contributed by atoms with Gasteiger partial charge in [0.1, 0.15) is 6.04 Å². The average molecular weight is 499 g/mol. The minimum absolute atomic E-state index is 0.0629. The molecule has 11 heteroatoms. The van der Waals surface area contributed by atoms with Gasteiger partial charge in [0, 0.05) is 44.8 Å². The molecule has 4 heterocycles. The molecule has 0 radical (unpaired) electrons. The van der Waals surface area contributed by atoms with Crippen LogP contribution in [0.3, 0.4) is 0 Å². The minimum atomic E-state index is -0.912. The van der Waals surface area contributed by atoms with Crippen molar-refractivity contribution in [1.82, 2.24) is 29.7 Å². The predicted molar refractivity (Wildman–Crippen MR) is 128 cm³/mol. The zero-order valence-electron chi connectivity index (χ0n) is 19.9. The van der Waals surface area contributed by atoms with Crippen molar-refractivity contribution in [3.63, 3.8) is 0 Å². The highest BCUT2D eigenvalue weighted by Gasteiger charge is 2.34. The van der Waals surface area contributed by atoms with Crippen molar-refractivity contribution in [3.05, 3.63) is 64.2 Å². The number of urea groups is 1. The lowest BCUT2D eigenvalue weighted by Gasteiger charge is -2.33. The Morgan fingerprint density at radius 3 is 2.64 bits per heavy atom. The smallest absolute Gasteiger partial charge is 0.327 e. The molecule has 2 unspecified atom stereocenters. The fourth-order valence-corrected chi connectivity index (χ4v) is 5.38. The highest BCUT2D eigenvalue weighted by molar-refractivity contribution is 5.87. The van der Waals surface area contributed by atoms with Gasteiger partial charge in [0.2, 0.25) is 5.91 Å². The molecule has 0 saturated carbocycles. The van der Waals surface area contributed by atoms with Crippen molar-refractivity contribution >= 4 is 23.1 Å². The molecular formula is C25H28F2N6O3. The molecule has 0 aliphatic carbocycles. The van der Waals surface area contributed by atoms with E-state index in [2.05, 4.69) is 15.3 Å². The summed E-state index contributed by atoms with van der Waals surface area (Å²) in [5, 5.41) is 2.84. The highest BCUT2D eigenvalue weighted by Crippen LogP contribution is 2.30. The van der Waals surface area contributed by atoms with Gasteiger partial charge < -0.3 is 15.1 Å². The molecule has 2 aliphatic heterocycles. The minimum Gasteiger partial charge on any atom is -0.343 e. The second-order valence-electron chi connectivity index (χ2n) is 9.53. The molecule has 3 aromatic rings. The predicted octanol–water partition coefficient (Wildman–Crippen LogP) is 2.75. The summed E-state index contributed by atoms with van der Waals surface area (Å²) < 4.78 is 29.8. The maximum absolute atomic E-state index is 14.4. The quantitative estimate of drug-likeness (QED) is 0.580. The van der Waals surface area contributed by atoms with Crippen molar-refractivity contribution in [2.24, 2.45) is 0 Å². The van der Waals surface area contributed by atoms with E-state index >= 15 is 0 Å². The summed E-state index contributed by atoms with van der Waals surface area (Å²) in [6, 6.07) is 6.55. The van der Waals surface area contributed by atoms with Gasteiger partial charge in [0.05, 0.1) is 5.52 Å². The van der Waals surface area contributed by atoms with Crippen LogP contribution in [0.5, 0.6) is 0 Å². The zero-order valence-corrected chi connectivity index (χ0v) is 19.9. The Labute approximate surface area is 206 Å². The standard InChI is InChI=1S/C25H28F2N6O3/c1-31-14-15(17-4-2-5-18(26)21(17)27)7-8-19(23(31)34)29-24(35)32-12-9-16(10-13-32)33-20-6-3-11-28-22(20)30-25(33)36/h2-6,11,15-16,19H,7-10,12-14H2,1H3,(H,29,35)(H,28,30,36). The van der Waals surface area contributed by atoms with E-state index in [9.17, 15) is 23.2 Å². The number of aromatic nitrogens is 3. The summed E-state index contributed by atoms with van der Waals surface area (Å²) in [5.74, 6) is -2.42. The topological polar surface area (TPSA) is 103 Å². The van der Waals surface area contributed by atoms with Crippen molar-refractivity contribution in [2.45, 2.75) is 43.7 Å². The maximum atomic E-state index is 14.4. The lowest BCUT2D eigenvalue weighted by molar-refractivity contribution is -0.131. The molecular weight excluding hydrogens is 470 g/mol. The van der Waals surface area contributed by atoms with E-state index in [-0.39, 0.29) is 41.7 Å². The van der Waals surface area contributed by atoms with Crippen LogP contribution >= 0.6 is 0 Å². The number of H-pyrrole nitrogens is 1. The molecule has 1 aromatic carbocycles. The Hall–Kier alpha value is -3.76. The van der Waals surface area contributed by atoms with E-state index in [1.54, 1.807) is 34.8 Å². The third kappa shape index (κ3) is 4.45. The first kappa shape index (κ1) is 24.0. The number of aromatic amines is 1. The molecule has 2 saturated heterocycles. The lowest BCUT2D eigenvalue weighted by Crippen LogP contribution is -2.52. The molecule has 0 spiro atoms. The van der Waals surface area contributed by atoms with Gasteiger partial charge in [0.15, 0.2) is 17.3 Å². The van der Waals surface area contributed by atoms with Gasteiger partial charge in [-0.1, -0.05) is 12.1 Å². The fourth-order valence-electron chi connectivity index (χ4n) is 5.38. The number of nitrogens with one attached hydrogen (secondary N) is 2. The first-order valence-corrected chi connectivity index (χ1v) is 12.1. The van der Waals surface area contributed by atoms with Gasteiger partial charge in [-0.25, -0.2) is 23.4 Å². The molecule has 2 aliphatic rings. The van der Waals surface area contributed by atoms with E-state index in [0.717, 1.165) is 11.6 Å². The monoisotopic (exact) mass is 498 g/mol. The van der Waals surface area contributed by atoms with Crippen molar-refractivity contribution in [1.29, 1.82) is 0 Å². The van der Waals surface area contributed by atoms with E-state index in [0.29, 0.717) is 44.4 Å². The maximum Gasteiger partial charge on any atom is 0.327 e. The van der Waals surface area contributed by atoms with E-state index in [1.165, 1.54) is 11.0 Å². The summed E-state index contributed by atoms with van der Waals surface area (Å²) in [5.41, 5.74) is 1.30. The SMILES string of the molecule is CN1CC(c2cccc(F)c2F)CCC(NC(=O)N2CCC(n3c(=O)[nH]c4ncccc43)CC2)C1=O. The highest BCUT2D eigenvalue weighted by atomic mass is 19.2. The van der Waals surface area contributed by atoms with Crippen LogP contribution in [0.1, 0.15) is 43.2 Å². The Morgan fingerprint density at radius 1 is 1.08 bits per heavy atom. The second-order valence-corrected chi connectivity index (χ2v) is 9.53. The van der Waals surface area contributed by atoms with Crippen LogP contribution in [-0.4, -0.2) is 69.0 Å². The van der Waals surface area contributed by atoms with Crippen LogP contribution in [0.15, 0.2) is 41.3 Å². The van der Waals surface area contributed by atoms with E-state index in [4.69, 9.17) is 0 Å². The summed E-state index contributed by atoms with van der Waals surface area (Å²) in [4.78, 5) is 48.5. The number of hydrogen-bond donors (Lipinski definition) is 2. The van der Waals surface area contributed by atoms with Crippen molar-refractivity contribution in [2.75, 3.05) is 26.7 Å². The zero-order chi connectivity index (χ0) is 25.4. The number of likely N-dealkylation sites (N-methyl/N-ethyl adjacent to an activating group) is 1. The number of piperidine rings is 1. The van der Waals surface area contributed by atoms with Crippen LogP contribution in [0.25, 0.3) is 11.2 Å². The Kier molecular flexibility index (Phi) is 6.46. The van der Waals surface area contributed by atoms with Gasteiger partial charge in [-0.15, -0.1) is 0 Å². The van der Waals surface area contributed by atoms with Crippen LogP contribution in [0, 0.1) is 11.6 Å². The fraction of sp³-hybridized carbons (Fsp3) is 0.440. The first-order chi connectivity index (χ1) is 17.3. The third-order valence-electron chi connectivity index (χ3n) is 7.30. The average Bonchev–Trinajstić information content (AvgIpc) is 3.15. The molecule has 36 heavy (non-hydrogen) atoms. The number of carbonyl (C=O) groups excluding carboxylic acids is 2. The van der Waals surface area contributed by atoms with Crippen LogP contribution in [0.4, 0.5) is 13.6 Å². The third-order valence-corrected chi connectivity index (χ3v) is 7.30. The molecule has 2 N–H and O–H groups in total. The van der Waals surface area contributed by atoms with E-state index in [1.807, 2.05) is 6.07 Å². The number of amides is 3. The molecule has 3 amide bonds. The van der Waals surface area contributed by atoms with Gasteiger partial charge in [-0.3, -0.25) is 14.3 Å². The number of halogens is 2. The molecule has 2 aromatic heterocycles. The van der Waals surface area contributed by atoms with Gasteiger partial charge in [-0.05, 0) is 49.4 Å². The molecule has 190 valence electrons. The van der Waals surface area contributed by atoms with Gasteiger partial charge in [0.25, 0.3) is 0 Å². The number of benzene rings is 1. The largest absolute Gasteiger partial charge is 0.343 e. The first-order valence-electron chi connectivity index (χ1n) is 12.1. The Bertz CT molecular complexity index is 1350. The van der Waals surface area contributed by atoms with Crippen molar-refractivity contribution in [3.8, 4) is 0 Å². The second kappa shape index (κ2) is 9.71. The summed E-state index contributed by atoms with van der Waals surface area (Å²) in [6.45, 7) is 1.11. The normalized spacial score (nSPS) is 21.6. The molecule has 5 rings (SSSR count). The Morgan fingerprint density at radius 2 is 1.86 bits per heavy atom. The number of hydrogen-bond acceptors (Lipinski definition) is 4. The number of imidazole rings is 1. The van der Waals surface area contributed by atoms with Crippen LogP contribution in [0.2, 0.25) is 0 Å². The number of rotatable bonds is 3. The van der Waals surface area contributed by atoms with Gasteiger partial charge in [-0.2, -0.15) is 0 Å². The van der Waals surface area contributed by atoms with Crippen LogP contribution < -0.4 is 11.0 Å². The van der Waals surface area contributed by atoms with Crippen molar-refractivity contribution < 1.29 is 18.4 Å². The summed E-state index contributed by atoms with van der Waals surface area (Å²) >= 11 is 0. The summed E-state index contributed by atoms with van der Waals surface area (Å²) in [6.07, 6.45) is 3.56. The van der Waals surface area contributed by atoms with Crippen LogP contribution in [-0.2, 0) is 4.79 Å². The summed E-state index contributed by atoms with van der Waals surface area (Å²) in [7, 11) is 1.61. The number of pyridine rings is 1. The number of likely N-dealkylation sites (tertiary alicyclic amines) is 2. The molecule has 0 bridgehead atoms. The molecule has 2 fully saturated rings. The number of nitrogens with zero attached hydrogens (tertiary/aromatic N) is 4. The number of fused-ring (bicyclic) bond motifs is 1. The van der Waals surface area contributed by atoms with Gasteiger partial charge >= 0.3 is 11.7 Å². The Balaban J connectivity index is 1.22. The molecule has 2 atom stereocenters.